The van der Waals surface area contributed by atoms with Crippen LogP contribution >= 0.6 is 11.3 Å². The molecular formula is C25H26N2O3S. The van der Waals surface area contributed by atoms with Crippen molar-refractivity contribution < 1.29 is 14.4 Å². The van der Waals surface area contributed by atoms with Gasteiger partial charge < -0.3 is 4.90 Å². The Kier molecular flexibility index (Phi) is 4.85. The number of thiophene rings is 1. The summed E-state index contributed by atoms with van der Waals surface area (Å²) >= 11 is 1.39. The van der Waals surface area contributed by atoms with E-state index in [4.69, 9.17) is 0 Å². The molecule has 2 aromatic rings. The lowest BCUT2D eigenvalue weighted by atomic mass is 9.86. The number of likely N-dealkylation sites (tertiary alicyclic amines) is 1. The molecule has 3 aliphatic rings. The maximum absolute atomic E-state index is 13.7. The monoisotopic (exact) mass is 434 g/mol. The standard InChI is InChI=1S/C25H26N2O3S/c1-4-5-10-26-24(29)20-18-13-15(3)16-12-14(2)8-9-17(16)27(18)22(21(20)25(26)30)23(28)19-7-6-11-31-19/h6-9,11-13,18,20-22H,4-5,10H2,1-3H3/t18-,20-,21-,22+/m0/s1. The highest BCUT2D eigenvalue weighted by Gasteiger charge is 2.64. The van der Waals surface area contributed by atoms with Crippen LogP contribution < -0.4 is 4.90 Å². The van der Waals surface area contributed by atoms with Crippen LogP contribution in [0.5, 0.6) is 0 Å². The summed E-state index contributed by atoms with van der Waals surface area (Å²) in [6, 6.07) is 8.91. The first-order chi connectivity index (χ1) is 14.9. The van der Waals surface area contributed by atoms with Crippen molar-refractivity contribution in [2.45, 2.75) is 45.7 Å². The van der Waals surface area contributed by atoms with Crippen LogP contribution in [0, 0.1) is 18.8 Å². The number of allylic oxidation sites excluding steroid dienone is 1. The number of Topliss-reactive ketones (excluding diaryl/α,β-unsaturated/α-hetero) is 1. The van der Waals surface area contributed by atoms with Crippen LogP contribution in [0.25, 0.3) is 5.57 Å². The Morgan fingerprint density at radius 1 is 1.10 bits per heavy atom. The first kappa shape index (κ1) is 20.2. The van der Waals surface area contributed by atoms with Gasteiger partial charge in [0.15, 0.2) is 5.78 Å². The lowest BCUT2D eigenvalue weighted by molar-refractivity contribution is -0.140. The second kappa shape index (κ2) is 7.45. The van der Waals surface area contributed by atoms with Gasteiger partial charge in [-0.3, -0.25) is 19.3 Å². The van der Waals surface area contributed by atoms with Crippen molar-refractivity contribution in [2.24, 2.45) is 11.8 Å². The number of nitrogens with zero attached hydrogens (tertiary/aromatic N) is 2. The minimum Gasteiger partial charge on any atom is -0.352 e. The number of imide groups is 1. The topological polar surface area (TPSA) is 57.7 Å². The van der Waals surface area contributed by atoms with Gasteiger partial charge in [-0.1, -0.05) is 37.1 Å². The van der Waals surface area contributed by atoms with Crippen LogP contribution in [0.1, 0.15) is 47.5 Å². The number of anilines is 1. The van der Waals surface area contributed by atoms with Gasteiger partial charge in [-0.05, 0) is 49.4 Å². The fourth-order valence-corrected chi connectivity index (χ4v) is 6.12. The molecule has 3 aliphatic heterocycles. The van der Waals surface area contributed by atoms with Crippen LogP contribution in [0.4, 0.5) is 5.69 Å². The summed E-state index contributed by atoms with van der Waals surface area (Å²) in [4.78, 5) is 44.7. The Hall–Kier alpha value is -2.73. The molecule has 0 N–H and O–H groups in total. The first-order valence-electron chi connectivity index (χ1n) is 10.9. The first-order valence-corrected chi connectivity index (χ1v) is 11.8. The number of unbranched alkanes of at least 4 members (excludes halogenated alkanes) is 1. The summed E-state index contributed by atoms with van der Waals surface area (Å²) in [6.07, 6.45) is 3.78. The van der Waals surface area contributed by atoms with Crippen molar-refractivity contribution >= 4 is 40.2 Å². The third kappa shape index (κ3) is 2.92. The molecule has 0 spiro atoms. The van der Waals surface area contributed by atoms with E-state index < -0.39 is 17.9 Å². The number of carbonyl (C=O) groups excluding carboxylic acids is 3. The molecule has 2 fully saturated rings. The van der Waals surface area contributed by atoms with E-state index in [0.29, 0.717) is 11.4 Å². The van der Waals surface area contributed by atoms with Gasteiger partial charge >= 0.3 is 0 Å². The average Bonchev–Trinajstić information content (AvgIpc) is 3.44. The summed E-state index contributed by atoms with van der Waals surface area (Å²) < 4.78 is 0. The van der Waals surface area contributed by atoms with Crippen LogP contribution in [-0.2, 0) is 9.59 Å². The van der Waals surface area contributed by atoms with Crippen LogP contribution in [0.3, 0.4) is 0 Å². The number of rotatable bonds is 5. The summed E-state index contributed by atoms with van der Waals surface area (Å²) in [5.74, 6) is -1.53. The third-order valence-electron chi connectivity index (χ3n) is 6.86. The smallest absolute Gasteiger partial charge is 0.235 e. The van der Waals surface area contributed by atoms with Crippen molar-refractivity contribution in [2.75, 3.05) is 11.4 Å². The number of carbonyl (C=O) groups is 3. The van der Waals surface area contributed by atoms with Gasteiger partial charge in [-0.15, -0.1) is 11.3 Å². The lowest BCUT2D eigenvalue weighted by Crippen LogP contribution is -2.49. The number of amides is 2. The average molecular weight is 435 g/mol. The van der Waals surface area contributed by atoms with E-state index >= 15 is 0 Å². The highest BCUT2D eigenvalue weighted by Crippen LogP contribution is 2.50. The second-order valence-corrected chi connectivity index (χ2v) is 9.74. The number of hydrogen-bond donors (Lipinski definition) is 0. The minimum absolute atomic E-state index is 0.0644. The summed E-state index contributed by atoms with van der Waals surface area (Å²) in [5.41, 5.74) is 4.25. The SMILES string of the molecule is CCCCN1C(=O)[C@@H]2[C@H](C1=O)[C@H](C(=O)c1cccs1)N1c3ccc(C)cc3C(C)=C[C@@H]21. The Balaban J connectivity index is 1.66. The lowest BCUT2D eigenvalue weighted by Gasteiger charge is -2.38. The van der Waals surface area contributed by atoms with Crippen LogP contribution in [-0.4, -0.2) is 41.1 Å². The molecule has 31 heavy (non-hydrogen) atoms. The van der Waals surface area contributed by atoms with Crippen molar-refractivity contribution in [1.29, 1.82) is 0 Å². The minimum atomic E-state index is -0.664. The molecule has 4 atom stereocenters. The molecule has 4 heterocycles. The molecule has 0 bridgehead atoms. The van der Waals surface area contributed by atoms with Gasteiger partial charge in [-0.25, -0.2) is 0 Å². The van der Waals surface area contributed by atoms with E-state index in [2.05, 4.69) is 24.0 Å². The van der Waals surface area contributed by atoms with Crippen LogP contribution in [0.15, 0.2) is 41.8 Å². The molecule has 0 saturated carbocycles. The zero-order valence-corrected chi connectivity index (χ0v) is 18.8. The summed E-state index contributed by atoms with van der Waals surface area (Å²) in [7, 11) is 0. The van der Waals surface area contributed by atoms with E-state index in [1.807, 2.05) is 43.5 Å². The van der Waals surface area contributed by atoms with Crippen molar-refractivity contribution in [1.82, 2.24) is 4.90 Å². The van der Waals surface area contributed by atoms with Crippen molar-refractivity contribution in [3.8, 4) is 0 Å². The molecule has 1 aromatic carbocycles. The Bertz CT molecular complexity index is 1100. The molecule has 160 valence electrons. The maximum atomic E-state index is 13.7. The Morgan fingerprint density at radius 2 is 1.87 bits per heavy atom. The molecule has 2 amide bonds. The number of fused-ring (bicyclic) bond motifs is 5. The highest BCUT2D eigenvalue weighted by atomic mass is 32.1. The van der Waals surface area contributed by atoms with E-state index in [9.17, 15) is 14.4 Å². The van der Waals surface area contributed by atoms with Crippen LogP contribution in [0.2, 0.25) is 0 Å². The zero-order valence-electron chi connectivity index (χ0n) is 18.0. The van der Waals surface area contributed by atoms with Gasteiger partial charge in [0.05, 0.1) is 22.8 Å². The predicted molar refractivity (Wildman–Crippen MR) is 122 cm³/mol. The molecule has 1 aromatic heterocycles. The molecule has 5 nitrogen and oxygen atoms in total. The zero-order chi connectivity index (χ0) is 21.9. The van der Waals surface area contributed by atoms with Crippen molar-refractivity contribution in [3.63, 3.8) is 0 Å². The normalized spacial score (nSPS) is 26.6. The van der Waals surface area contributed by atoms with Crippen molar-refractivity contribution in [3.05, 3.63) is 57.8 Å². The van der Waals surface area contributed by atoms with Gasteiger partial charge in [0, 0.05) is 17.8 Å². The van der Waals surface area contributed by atoms with E-state index in [1.165, 1.54) is 16.2 Å². The quantitative estimate of drug-likeness (QED) is 0.520. The van der Waals surface area contributed by atoms with E-state index in [1.54, 1.807) is 0 Å². The Morgan fingerprint density at radius 3 is 2.58 bits per heavy atom. The number of benzene rings is 1. The fourth-order valence-electron chi connectivity index (χ4n) is 5.42. The molecule has 0 radical (unpaired) electrons. The number of aryl methyl sites for hydroxylation is 1. The largest absolute Gasteiger partial charge is 0.352 e. The van der Waals surface area contributed by atoms with Gasteiger partial charge in [0.25, 0.3) is 0 Å². The van der Waals surface area contributed by atoms with E-state index in [-0.39, 0.29) is 23.6 Å². The molecule has 2 saturated heterocycles. The van der Waals surface area contributed by atoms with E-state index in [0.717, 1.165) is 35.2 Å². The van der Waals surface area contributed by atoms with Gasteiger partial charge in [0.1, 0.15) is 6.04 Å². The second-order valence-electron chi connectivity index (χ2n) is 8.79. The summed E-state index contributed by atoms with van der Waals surface area (Å²) in [5, 5.41) is 1.88. The molecular weight excluding hydrogens is 408 g/mol. The summed E-state index contributed by atoms with van der Waals surface area (Å²) in [6.45, 7) is 6.58. The molecule has 0 unspecified atom stereocenters. The highest BCUT2D eigenvalue weighted by molar-refractivity contribution is 7.12. The molecule has 6 heteroatoms. The third-order valence-corrected chi connectivity index (χ3v) is 7.75. The molecule has 0 aliphatic carbocycles. The maximum Gasteiger partial charge on any atom is 0.235 e. The van der Waals surface area contributed by atoms with Gasteiger partial charge in [0.2, 0.25) is 11.8 Å². The number of ketones is 1. The van der Waals surface area contributed by atoms with Gasteiger partial charge in [-0.2, -0.15) is 0 Å². The fraction of sp³-hybridized carbons (Fsp3) is 0.400. The molecule has 5 rings (SSSR count). The number of hydrogen-bond acceptors (Lipinski definition) is 5. The Labute approximate surface area is 186 Å². The predicted octanol–water partition coefficient (Wildman–Crippen LogP) is 4.31.